The van der Waals surface area contributed by atoms with Crippen molar-refractivity contribution < 1.29 is 5.11 Å². The van der Waals surface area contributed by atoms with E-state index in [1.165, 1.54) is 16.7 Å². The van der Waals surface area contributed by atoms with E-state index in [0.717, 1.165) is 32.5 Å². The first-order valence-corrected chi connectivity index (χ1v) is 6.47. The average Bonchev–Trinajstić information content (AvgIpc) is 2.27. The van der Waals surface area contributed by atoms with Gasteiger partial charge >= 0.3 is 0 Å². The van der Waals surface area contributed by atoms with Crippen LogP contribution in [0.3, 0.4) is 0 Å². The number of piperidine rings is 1. The minimum atomic E-state index is -0.445. The lowest BCUT2D eigenvalue weighted by Gasteiger charge is -2.35. The van der Waals surface area contributed by atoms with E-state index in [2.05, 4.69) is 36.9 Å². The van der Waals surface area contributed by atoms with Crippen molar-refractivity contribution in [1.82, 2.24) is 4.90 Å². The number of hydrogen-bond acceptors (Lipinski definition) is 2. The van der Waals surface area contributed by atoms with Crippen molar-refractivity contribution in [3.63, 3.8) is 0 Å². The molecule has 0 aliphatic carbocycles. The summed E-state index contributed by atoms with van der Waals surface area (Å²) in [5.41, 5.74) is 3.66. The third-order valence-corrected chi connectivity index (χ3v) is 3.91. The van der Waals surface area contributed by atoms with Crippen molar-refractivity contribution >= 4 is 0 Å². The molecule has 0 atom stereocenters. The van der Waals surface area contributed by atoms with Gasteiger partial charge in [0, 0.05) is 19.6 Å². The number of nitrogens with zero attached hydrogens (tertiary/aromatic N) is 1. The van der Waals surface area contributed by atoms with Crippen LogP contribution in [-0.2, 0) is 6.54 Å². The van der Waals surface area contributed by atoms with Crippen molar-refractivity contribution in [2.75, 3.05) is 13.1 Å². The van der Waals surface area contributed by atoms with Gasteiger partial charge in [0.2, 0.25) is 0 Å². The summed E-state index contributed by atoms with van der Waals surface area (Å²) in [6.07, 6.45) is 1.77. The fraction of sp³-hybridized carbons (Fsp3) is 0.600. The second kappa shape index (κ2) is 4.79. The number of rotatable bonds is 2. The minimum absolute atomic E-state index is 0.445. The van der Waals surface area contributed by atoms with Crippen molar-refractivity contribution in [2.24, 2.45) is 0 Å². The Kier molecular flexibility index (Phi) is 3.55. The largest absolute Gasteiger partial charge is 0.390 e. The highest BCUT2D eigenvalue weighted by molar-refractivity contribution is 5.29. The molecule has 1 aliphatic rings. The van der Waals surface area contributed by atoms with E-state index in [-0.39, 0.29) is 0 Å². The maximum atomic E-state index is 9.91. The van der Waals surface area contributed by atoms with Gasteiger partial charge in [0.25, 0.3) is 0 Å². The zero-order valence-corrected chi connectivity index (χ0v) is 11.2. The standard InChI is InChI=1S/C15H23NO/c1-12-4-5-14(10-13(12)2)11-16-8-6-15(3,17)7-9-16/h4-5,10,17H,6-9,11H2,1-3H3. The van der Waals surface area contributed by atoms with E-state index in [1.807, 2.05) is 6.92 Å². The normalized spacial score (nSPS) is 20.5. The first kappa shape index (κ1) is 12.6. The van der Waals surface area contributed by atoms with E-state index in [4.69, 9.17) is 0 Å². The molecule has 1 aromatic rings. The fourth-order valence-corrected chi connectivity index (χ4v) is 2.35. The predicted octanol–water partition coefficient (Wildman–Crippen LogP) is 2.65. The van der Waals surface area contributed by atoms with Gasteiger partial charge in [-0.1, -0.05) is 18.2 Å². The van der Waals surface area contributed by atoms with E-state index in [1.54, 1.807) is 0 Å². The third-order valence-electron chi connectivity index (χ3n) is 3.91. The van der Waals surface area contributed by atoms with Crippen LogP contribution < -0.4 is 0 Å². The number of hydrogen-bond donors (Lipinski definition) is 1. The Labute approximate surface area is 104 Å². The SMILES string of the molecule is Cc1ccc(CN2CCC(C)(O)CC2)cc1C. The summed E-state index contributed by atoms with van der Waals surface area (Å²) in [5.74, 6) is 0. The predicted molar refractivity (Wildman–Crippen MR) is 71.1 cm³/mol. The summed E-state index contributed by atoms with van der Waals surface area (Å²) in [4.78, 5) is 2.43. The van der Waals surface area contributed by atoms with Gasteiger partial charge in [-0.05, 0) is 50.3 Å². The second-order valence-corrected chi connectivity index (χ2v) is 5.69. The second-order valence-electron chi connectivity index (χ2n) is 5.69. The molecule has 0 radical (unpaired) electrons. The Morgan fingerprint density at radius 1 is 1.18 bits per heavy atom. The Hall–Kier alpha value is -0.860. The molecule has 0 bridgehead atoms. The average molecular weight is 233 g/mol. The monoisotopic (exact) mass is 233 g/mol. The Morgan fingerprint density at radius 3 is 2.41 bits per heavy atom. The molecule has 2 heteroatoms. The Balaban J connectivity index is 1.95. The van der Waals surface area contributed by atoms with Crippen molar-refractivity contribution in [2.45, 2.75) is 45.8 Å². The molecule has 2 nitrogen and oxygen atoms in total. The number of likely N-dealkylation sites (tertiary alicyclic amines) is 1. The molecule has 1 saturated heterocycles. The maximum absolute atomic E-state index is 9.91. The Morgan fingerprint density at radius 2 is 1.82 bits per heavy atom. The summed E-state index contributed by atoms with van der Waals surface area (Å²) in [5, 5.41) is 9.91. The summed E-state index contributed by atoms with van der Waals surface area (Å²) in [6, 6.07) is 6.70. The van der Waals surface area contributed by atoms with Crippen molar-refractivity contribution in [3.05, 3.63) is 34.9 Å². The smallest absolute Gasteiger partial charge is 0.0644 e. The van der Waals surface area contributed by atoms with Crippen LogP contribution >= 0.6 is 0 Å². The molecule has 2 rings (SSSR count). The van der Waals surface area contributed by atoms with Crippen LogP contribution in [0, 0.1) is 13.8 Å². The van der Waals surface area contributed by atoms with Crippen LogP contribution in [0.4, 0.5) is 0 Å². The van der Waals surface area contributed by atoms with Gasteiger partial charge in [-0.15, -0.1) is 0 Å². The van der Waals surface area contributed by atoms with Gasteiger partial charge in [0.05, 0.1) is 5.60 Å². The number of aryl methyl sites for hydroxylation is 2. The molecular formula is C15H23NO. The van der Waals surface area contributed by atoms with E-state index < -0.39 is 5.60 Å². The fourth-order valence-electron chi connectivity index (χ4n) is 2.35. The molecule has 0 saturated carbocycles. The lowest BCUT2D eigenvalue weighted by atomic mass is 9.93. The molecule has 0 aromatic heterocycles. The van der Waals surface area contributed by atoms with Gasteiger partial charge in [0.15, 0.2) is 0 Å². The molecular weight excluding hydrogens is 210 g/mol. The third kappa shape index (κ3) is 3.30. The summed E-state index contributed by atoms with van der Waals surface area (Å²) in [6.45, 7) is 9.27. The highest BCUT2D eigenvalue weighted by atomic mass is 16.3. The molecule has 1 N–H and O–H groups in total. The van der Waals surface area contributed by atoms with Crippen molar-refractivity contribution in [1.29, 1.82) is 0 Å². The molecule has 0 amide bonds. The number of benzene rings is 1. The van der Waals surface area contributed by atoms with Crippen LogP contribution in [0.15, 0.2) is 18.2 Å². The van der Waals surface area contributed by atoms with Crippen LogP contribution in [-0.4, -0.2) is 28.7 Å². The van der Waals surface area contributed by atoms with E-state index in [0.29, 0.717) is 0 Å². The first-order valence-electron chi connectivity index (χ1n) is 6.47. The van der Waals surface area contributed by atoms with Crippen molar-refractivity contribution in [3.8, 4) is 0 Å². The van der Waals surface area contributed by atoms with Gasteiger partial charge in [-0.2, -0.15) is 0 Å². The van der Waals surface area contributed by atoms with E-state index >= 15 is 0 Å². The Bertz CT molecular complexity index is 388. The minimum Gasteiger partial charge on any atom is -0.390 e. The zero-order valence-electron chi connectivity index (χ0n) is 11.2. The summed E-state index contributed by atoms with van der Waals surface area (Å²) < 4.78 is 0. The highest BCUT2D eigenvalue weighted by Gasteiger charge is 2.26. The summed E-state index contributed by atoms with van der Waals surface area (Å²) in [7, 11) is 0. The lowest BCUT2D eigenvalue weighted by molar-refractivity contribution is -0.00730. The van der Waals surface area contributed by atoms with Crippen LogP contribution in [0.5, 0.6) is 0 Å². The van der Waals surface area contributed by atoms with Gasteiger partial charge < -0.3 is 5.11 Å². The quantitative estimate of drug-likeness (QED) is 0.849. The molecule has 1 heterocycles. The van der Waals surface area contributed by atoms with Crippen LogP contribution in [0.25, 0.3) is 0 Å². The lowest BCUT2D eigenvalue weighted by Crippen LogP contribution is -2.41. The molecule has 1 aromatic carbocycles. The molecule has 0 unspecified atom stereocenters. The molecule has 1 fully saturated rings. The van der Waals surface area contributed by atoms with Gasteiger partial charge in [-0.3, -0.25) is 4.90 Å². The molecule has 0 spiro atoms. The van der Waals surface area contributed by atoms with Crippen LogP contribution in [0.2, 0.25) is 0 Å². The molecule has 17 heavy (non-hydrogen) atoms. The van der Waals surface area contributed by atoms with Crippen LogP contribution in [0.1, 0.15) is 36.5 Å². The molecule has 1 aliphatic heterocycles. The summed E-state index contributed by atoms with van der Waals surface area (Å²) >= 11 is 0. The first-order chi connectivity index (χ1) is 7.96. The highest BCUT2D eigenvalue weighted by Crippen LogP contribution is 2.22. The van der Waals surface area contributed by atoms with Gasteiger partial charge in [0.1, 0.15) is 0 Å². The topological polar surface area (TPSA) is 23.5 Å². The number of aliphatic hydroxyl groups is 1. The van der Waals surface area contributed by atoms with Gasteiger partial charge in [-0.25, -0.2) is 0 Å². The maximum Gasteiger partial charge on any atom is 0.0644 e. The van der Waals surface area contributed by atoms with E-state index in [9.17, 15) is 5.11 Å². The molecule has 94 valence electrons. The zero-order chi connectivity index (χ0) is 12.5.